The number of ether oxygens (including phenoxy) is 2. The van der Waals surface area contributed by atoms with Crippen molar-refractivity contribution in [3.8, 4) is 11.5 Å². The fraction of sp³-hybridized carbons (Fsp3) is 0.263. The van der Waals surface area contributed by atoms with Gasteiger partial charge in [-0.3, -0.25) is 9.59 Å². The van der Waals surface area contributed by atoms with Crippen LogP contribution in [0, 0.1) is 5.92 Å². The summed E-state index contributed by atoms with van der Waals surface area (Å²) in [5.41, 5.74) is 1.09. The van der Waals surface area contributed by atoms with Crippen LogP contribution in [0.5, 0.6) is 11.5 Å². The first-order valence-corrected chi connectivity index (χ1v) is 8.96. The van der Waals surface area contributed by atoms with Crippen molar-refractivity contribution in [2.75, 3.05) is 31.0 Å². The molecule has 0 saturated carbocycles. The molecule has 1 atom stereocenters. The number of carbonyl (C=O) groups is 2. The van der Waals surface area contributed by atoms with Crippen LogP contribution in [0.15, 0.2) is 36.4 Å². The van der Waals surface area contributed by atoms with E-state index >= 15 is 0 Å². The standard InChI is InChI=1S/C19H18Cl2N2O4/c1-26-15-3-4-16(17(9-15)27-2)23-10-11(5-18(23)24)19(25)22-14-7-12(20)6-13(21)8-14/h3-4,6-9,11H,5,10H2,1-2H3,(H,22,25)/t11-/m1/s1. The molecule has 1 N–H and O–H groups in total. The number of rotatable bonds is 5. The number of methoxy groups -OCH3 is 2. The molecule has 27 heavy (non-hydrogen) atoms. The van der Waals surface area contributed by atoms with Crippen LogP contribution >= 0.6 is 23.2 Å². The van der Waals surface area contributed by atoms with Crippen LogP contribution < -0.4 is 19.7 Å². The minimum atomic E-state index is -0.498. The van der Waals surface area contributed by atoms with E-state index in [1.165, 1.54) is 7.11 Å². The van der Waals surface area contributed by atoms with Crippen molar-refractivity contribution >= 4 is 46.4 Å². The Bertz CT molecular complexity index is 868. The zero-order valence-electron chi connectivity index (χ0n) is 14.8. The van der Waals surface area contributed by atoms with E-state index in [1.54, 1.807) is 48.4 Å². The van der Waals surface area contributed by atoms with Crippen LogP contribution in [0.1, 0.15) is 6.42 Å². The molecule has 1 fully saturated rings. The third kappa shape index (κ3) is 4.28. The molecule has 2 aromatic carbocycles. The smallest absolute Gasteiger partial charge is 0.229 e. The first-order chi connectivity index (χ1) is 12.9. The molecule has 0 unspecified atom stereocenters. The molecular formula is C19H18Cl2N2O4. The second-order valence-corrected chi connectivity index (χ2v) is 6.96. The Balaban J connectivity index is 1.76. The second kappa shape index (κ2) is 8.06. The van der Waals surface area contributed by atoms with Gasteiger partial charge < -0.3 is 19.7 Å². The third-order valence-electron chi connectivity index (χ3n) is 4.30. The summed E-state index contributed by atoms with van der Waals surface area (Å²) in [6.07, 6.45) is 0.106. The summed E-state index contributed by atoms with van der Waals surface area (Å²) in [6, 6.07) is 9.97. The quantitative estimate of drug-likeness (QED) is 0.811. The molecule has 1 heterocycles. The number of carbonyl (C=O) groups excluding carboxylic acids is 2. The normalized spacial score (nSPS) is 16.4. The van der Waals surface area contributed by atoms with Gasteiger partial charge in [0.15, 0.2) is 0 Å². The molecule has 1 aliphatic rings. The lowest BCUT2D eigenvalue weighted by Crippen LogP contribution is -2.28. The van der Waals surface area contributed by atoms with Crippen LogP contribution in [0.2, 0.25) is 10.0 Å². The minimum Gasteiger partial charge on any atom is -0.497 e. The highest BCUT2D eigenvalue weighted by Crippen LogP contribution is 2.36. The molecule has 0 radical (unpaired) electrons. The van der Waals surface area contributed by atoms with Gasteiger partial charge in [-0.25, -0.2) is 0 Å². The van der Waals surface area contributed by atoms with Gasteiger partial charge in [-0.1, -0.05) is 23.2 Å². The van der Waals surface area contributed by atoms with E-state index in [9.17, 15) is 9.59 Å². The lowest BCUT2D eigenvalue weighted by molar-refractivity contribution is -0.122. The van der Waals surface area contributed by atoms with Gasteiger partial charge in [0.2, 0.25) is 11.8 Å². The van der Waals surface area contributed by atoms with Gasteiger partial charge in [0, 0.05) is 34.8 Å². The molecule has 2 amide bonds. The fourth-order valence-corrected chi connectivity index (χ4v) is 3.52. The van der Waals surface area contributed by atoms with Crippen LogP contribution in [0.25, 0.3) is 0 Å². The number of amides is 2. The maximum atomic E-state index is 12.6. The molecule has 1 aliphatic heterocycles. The lowest BCUT2D eigenvalue weighted by Gasteiger charge is -2.20. The van der Waals surface area contributed by atoms with Crippen molar-refractivity contribution < 1.29 is 19.1 Å². The summed E-state index contributed by atoms with van der Waals surface area (Å²) in [6.45, 7) is 0.252. The number of anilines is 2. The maximum absolute atomic E-state index is 12.6. The highest BCUT2D eigenvalue weighted by molar-refractivity contribution is 6.35. The molecule has 142 valence electrons. The largest absolute Gasteiger partial charge is 0.497 e. The van der Waals surface area contributed by atoms with Gasteiger partial charge in [0.05, 0.1) is 25.8 Å². The Kier molecular flexibility index (Phi) is 5.77. The zero-order chi connectivity index (χ0) is 19.6. The van der Waals surface area contributed by atoms with Crippen molar-refractivity contribution in [2.45, 2.75) is 6.42 Å². The molecule has 0 bridgehead atoms. The van der Waals surface area contributed by atoms with Crippen LogP contribution in [-0.2, 0) is 9.59 Å². The Morgan fingerprint density at radius 3 is 2.44 bits per heavy atom. The summed E-state index contributed by atoms with van der Waals surface area (Å²) < 4.78 is 10.5. The SMILES string of the molecule is COc1ccc(N2C[C@H](C(=O)Nc3cc(Cl)cc(Cl)c3)CC2=O)c(OC)c1. The molecule has 0 aliphatic carbocycles. The fourth-order valence-electron chi connectivity index (χ4n) is 2.99. The van der Waals surface area contributed by atoms with E-state index < -0.39 is 5.92 Å². The van der Waals surface area contributed by atoms with Gasteiger partial charge in [0.1, 0.15) is 11.5 Å². The number of nitrogens with zero attached hydrogens (tertiary/aromatic N) is 1. The van der Waals surface area contributed by atoms with Crippen molar-refractivity contribution in [3.63, 3.8) is 0 Å². The van der Waals surface area contributed by atoms with Crippen molar-refractivity contribution in [1.82, 2.24) is 0 Å². The predicted molar refractivity (Wildman–Crippen MR) is 105 cm³/mol. The molecule has 0 aromatic heterocycles. The lowest BCUT2D eigenvalue weighted by atomic mass is 10.1. The van der Waals surface area contributed by atoms with Crippen LogP contribution in [-0.4, -0.2) is 32.6 Å². The van der Waals surface area contributed by atoms with E-state index in [2.05, 4.69) is 5.32 Å². The molecule has 3 rings (SSSR count). The van der Waals surface area contributed by atoms with E-state index in [4.69, 9.17) is 32.7 Å². The zero-order valence-corrected chi connectivity index (χ0v) is 16.3. The molecule has 2 aromatic rings. The molecule has 1 saturated heterocycles. The van der Waals surface area contributed by atoms with Gasteiger partial charge in [-0.2, -0.15) is 0 Å². The second-order valence-electron chi connectivity index (χ2n) is 6.09. The van der Waals surface area contributed by atoms with Gasteiger partial charge in [0.25, 0.3) is 0 Å². The molecule has 0 spiro atoms. The van der Waals surface area contributed by atoms with Crippen LogP contribution in [0.3, 0.4) is 0 Å². The molecular weight excluding hydrogens is 391 g/mol. The topological polar surface area (TPSA) is 67.9 Å². The first kappa shape index (κ1) is 19.3. The maximum Gasteiger partial charge on any atom is 0.229 e. The minimum absolute atomic E-state index is 0.106. The van der Waals surface area contributed by atoms with E-state index in [-0.39, 0.29) is 24.8 Å². The monoisotopic (exact) mass is 408 g/mol. The molecule has 8 heteroatoms. The van der Waals surface area contributed by atoms with Gasteiger partial charge in [-0.05, 0) is 30.3 Å². The Morgan fingerprint density at radius 2 is 1.81 bits per heavy atom. The van der Waals surface area contributed by atoms with E-state index in [0.29, 0.717) is 32.9 Å². The number of halogens is 2. The van der Waals surface area contributed by atoms with Crippen molar-refractivity contribution in [1.29, 1.82) is 0 Å². The van der Waals surface area contributed by atoms with Crippen LogP contribution in [0.4, 0.5) is 11.4 Å². The highest BCUT2D eigenvalue weighted by Gasteiger charge is 2.36. The summed E-state index contributed by atoms with van der Waals surface area (Å²) in [7, 11) is 3.07. The summed E-state index contributed by atoms with van der Waals surface area (Å²) >= 11 is 11.9. The van der Waals surface area contributed by atoms with Gasteiger partial charge in [-0.15, -0.1) is 0 Å². The number of nitrogens with one attached hydrogen (secondary N) is 1. The number of benzene rings is 2. The summed E-state index contributed by atoms with van der Waals surface area (Å²) in [5.74, 6) is 0.209. The Morgan fingerprint density at radius 1 is 1.11 bits per heavy atom. The van der Waals surface area contributed by atoms with Gasteiger partial charge >= 0.3 is 0 Å². The average molecular weight is 409 g/mol. The first-order valence-electron chi connectivity index (χ1n) is 8.20. The van der Waals surface area contributed by atoms with E-state index in [1.807, 2.05) is 0 Å². The highest BCUT2D eigenvalue weighted by atomic mass is 35.5. The molecule has 6 nitrogen and oxygen atoms in total. The average Bonchev–Trinajstić information content (AvgIpc) is 3.02. The number of hydrogen-bond acceptors (Lipinski definition) is 4. The summed E-state index contributed by atoms with van der Waals surface area (Å²) in [5, 5.41) is 3.61. The van der Waals surface area contributed by atoms with Crippen molar-refractivity contribution in [2.24, 2.45) is 5.92 Å². The summed E-state index contributed by atoms with van der Waals surface area (Å²) in [4.78, 5) is 26.6. The predicted octanol–water partition coefficient (Wildman–Crippen LogP) is 4.00. The van der Waals surface area contributed by atoms with Crippen molar-refractivity contribution in [3.05, 3.63) is 46.4 Å². The Labute approximate surface area is 167 Å². The Hall–Kier alpha value is -2.44. The van der Waals surface area contributed by atoms with E-state index in [0.717, 1.165) is 0 Å². The third-order valence-corrected chi connectivity index (χ3v) is 4.74. The number of hydrogen-bond donors (Lipinski definition) is 1.